The lowest BCUT2D eigenvalue weighted by molar-refractivity contribution is 0.117. The Hall–Kier alpha value is -2.58. The fourth-order valence-corrected chi connectivity index (χ4v) is 2.37. The Bertz CT molecular complexity index is 652. The smallest absolute Gasteiger partial charge is 0.118 e. The Morgan fingerprint density at radius 1 is 0.769 bits per heavy atom. The maximum Gasteiger partial charge on any atom is 0.118 e. The van der Waals surface area contributed by atoms with Gasteiger partial charge in [0.25, 0.3) is 0 Å². The minimum atomic E-state index is 0.670. The number of aryl methyl sites for hydroxylation is 1. The third kappa shape index (κ3) is 8.50. The largest absolute Gasteiger partial charge is 0.497 e. The van der Waals surface area contributed by atoms with Crippen LogP contribution in [0.3, 0.4) is 0 Å². The average Bonchev–Trinajstić information content (AvgIpc) is 2.73. The molecule has 0 atom stereocenters. The SMILES string of the molecule is COc1ccc(COCCCCc2c[c]ccc2)cc1.[c]1ccccc1. The first-order chi connectivity index (χ1) is 12.9. The predicted octanol–water partition coefficient (Wildman–Crippen LogP) is 5.52. The lowest BCUT2D eigenvalue weighted by Crippen LogP contribution is -1.97. The van der Waals surface area contributed by atoms with E-state index in [1.165, 1.54) is 11.1 Å². The van der Waals surface area contributed by atoms with Crippen LogP contribution in [-0.2, 0) is 17.8 Å². The van der Waals surface area contributed by atoms with Gasteiger partial charge in [-0.2, -0.15) is 0 Å². The number of unbranched alkanes of at least 4 members (excludes halogenated alkanes) is 1. The summed E-state index contributed by atoms with van der Waals surface area (Å²) in [4.78, 5) is 0. The maximum atomic E-state index is 5.68. The van der Waals surface area contributed by atoms with Gasteiger partial charge in [-0.3, -0.25) is 0 Å². The molecule has 0 saturated heterocycles. The zero-order valence-corrected chi connectivity index (χ0v) is 15.4. The third-order valence-corrected chi connectivity index (χ3v) is 3.81. The van der Waals surface area contributed by atoms with Crippen LogP contribution in [0.25, 0.3) is 0 Å². The number of benzene rings is 3. The summed E-state index contributed by atoms with van der Waals surface area (Å²) in [6.45, 7) is 1.48. The van der Waals surface area contributed by atoms with E-state index < -0.39 is 0 Å². The number of methoxy groups -OCH3 is 1. The Morgan fingerprint density at radius 2 is 1.54 bits per heavy atom. The Kier molecular flexibility index (Phi) is 9.67. The fourth-order valence-electron chi connectivity index (χ4n) is 2.37. The van der Waals surface area contributed by atoms with Crippen molar-refractivity contribution in [2.24, 2.45) is 0 Å². The zero-order valence-electron chi connectivity index (χ0n) is 15.4. The van der Waals surface area contributed by atoms with Crippen molar-refractivity contribution in [2.45, 2.75) is 25.9 Å². The molecule has 2 nitrogen and oxygen atoms in total. The van der Waals surface area contributed by atoms with E-state index >= 15 is 0 Å². The van der Waals surface area contributed by atoms with E-state index in [9.17, 15) is 0 Å². The molecule has 0 aliphatic rings. The molecule has 0 bridgehead atoms. The molecule has 3 aromatic rings. The maximum absolute atomic E-state index is 5.68. The van der Waals surface area contributed by atoms with E-state index in [0.717, 1.165) is 31.6 Å². The highest BCUT2D eigenvalue weighted by molar-refractivity contribution is 5.26. The van der Waals surface area contributed by atoms with E-state index in [1.54, 1.807) is 7.11 Å². The highest BCUT2D eigenvalue weighted by atomic mass is 16.5. The normalized spacial score (nSPS) is 9.88. The lowest BCUT2D eigenvalue weighted by atomic mass is 10.1. The molecule has 134 valence electrons. The van der Waals surface area contributed by atoms with E-state index in [0.29, 0.717) is 6.61 Å². The van der Waals surface area contributed by atoms with Gasteiger partial charge in [-0.05, 0) is 54.7 Å². The van der Waals surface area contributed by atoms with Crippen molar-refractivity contribution in [1.82, 2.24) is 0 Å². The van der Waals surface area contributed by atoms with Crippen LogP contribution in [-0.4, -0.2) is 13.7 Å². The Morgan fingerprint density at radius 3 is 2.12 bits per heavy atom. The summed E-state index contributed by atoms with van der Waals surface area (Å²) in [6.07, 6.45) is 3.34. The van der Waals surface area contributed by atoms with Crippen molar-refractivity contribution in [3.63, 3.8) is 0 Å². The molecule has 0 aromatic heterocycles. The van der Waals surface area contributed by atoms with E-state index in [-0.39, 0.29) is 0 Å². The molecular formula is C24H26O2. The van der Waals surface area contributed by atoms with E-state index in [2.05, 4.69) is 24.3 Å². The minimum Gasteiger partial charge on any atom is -0.497 e. The molecule has 0 fully saturated rings. The summed E-state index contributed by atoms with van der Waals surface area (Å²) < 4.78 is 10.8. The summed E-state index contributed by atoms with van der Waals surface area (Å²) in [5.41, 5.74) is 2.53. The van der Waals surface area contributed by atoms with Gasteiger partial charge in [0.15, 0.2) is 0 Å². The molecule has 0 N–H and O–H groups in total. The minimum absolute atomic E-state index is 0.670. The van der Waals surface area contributed by atoms with Gasteiger partial charge in [0, 0.05) is 6.61 Å². The van der Waals surface area contributed by atoms with Gasteiger partial charge in [-0.15, -0.1) is 0 Å². The van der Waals surface area contributed by atoms with Crippen LogP contribution in [0.1, 0.15) is 24.0 Å². The molecule has 3 aromatic carbocycles. The molecule has 0 heterocycles. The van der Waals surface area contributed by atoms with Crippen molar-refractivity contribution in [1.29, 1.82) is 0 Å². The summed E-state index contributed by atoms with van der Waals surface area (Å²) >= 11 is 0. The topological polar surface area (TPSA) is 18.5 Å². The highest BCUT2D eigenvalue weighted by Gasteiger charge is 1.96. The van der Waals surface area contributed by atoms with Gasteiger partial charge in [0.1, 0.15) is 5.75 Å². The summed E-state index contributed by atoms with van der Waals surface area (Å²) in [6, 6.07) is 31.8. The molecule has 0 saturated carbocycles. The van der Waals surface area contributed by atoms with Crippen LogP contribution < -0.4 is 4.74 Å². The molecule has 2 radical (unpaired) electrons. The monoisotopic (exact) mass is 346 g/mol. The molecular weight excluding hydrogens is 320 g/mol. The van der Waals surface area contributed by atoms with Gasteiger partial charge in [-0.25, -0.2) is 0 Å². The Labute approximate surface area is 157 Å². The van der Waals surface area contributed by atoms with Crippen LogP contribution in [0.4, 0.5) is 0 Å². The lowest BCUT2D eigenvalue weighted by Gasteiger charge is -2.06. The van der Waals surface area contributed by atoms with Crippen molar-refractivity contribution >= 4 is 0 Å². The van der Waals surface area contributed by atoms with E-state index in [1.807, 2.05) is 66.7 Å². The molecule has 0 unspecified atom stereocenters. The number of rotatable bonds is 8. The summed E-state index contributed by atoms with van der Waals surface area (Å²) in [7, 11) is 1.68. The standard InChI is InChI=1S/C18H21O2.C6H5/c1-19-18-12-10-17(11-13-18)15-20-14-6-5-9-16-7-3-2-4-8-16;1-2-4-6-5-3-1/h2-3,7-8,10-13H,5-6,9,14-15H2,1H3;1-5H. The van der Waals surface area contributed by atoms with Crippen molar-refractivity contribution in [3.8, 4) is 5.75 Å². The van der Waals surface area contributed by atoms with Crippen LogP contribution in [0, 0.1) is 12.1 Å². The first-order valence-electron chi connectivity index (χ1n) is 8.95. The zero-order chi connectivity index (χ0) is 18.3. The predicted molar refractivity (Wildman–Crippen MR) is 106 cm³/mol. The number of ether oxygens (including phenoxy) is 2. The van der Waals surface area contributed by atoms with Crippen molar-refractivity contribution in [2.75, 3.05) is 13.7 Å². The van der Waals surface area contributed by atoms with Crippen molar-refractivity contribution in [3.05, 3.63) is 102 Å². The van der Waals surface area contributed by atoms with Crippen LogP contribution in [0.2, 0.25) is 0 Å². The molecule has 0 spiro atoms. The molecule has 2 heteroatoms. The highest BCUT2D eigenvalue weighted by Crippen LogP contribution is 2.12. The van der Waals surface area contributed by atoms with E-state index in [4.69, 9.17) is 9.47 Å². The Balaban J connectivity index is 0.000000342. The van der Waals surface area contributed by atoms with Gasteiger partial charge in [-0.1, -0.05) is 66.7 Å². The fraction of sp³-hybridized carbons (Fsp3) is 0.250. The third-order valence-electron chi connectivity index (χ3n) is 3.81. The molecule has 0 aliphatic carbocycles. The summed E-state index contributed by atoms with van der Waals surface area (Å²) in [5, 5.41) is 0. The number of hydrogen-bond donors (Lipinski definition) is 0. The second kappa shape index (κ2) is 12.7. The number of hydrogen-bond acceptors (Lipinski definition) is 2. The average molecular weight is 346 g/mol. The molecule has 0 aliphatic heterocycles. The summed E-state index contributed by atoms with van der Waals surface area (Å²) in [5.74, 6) is 0.883. The molecule has 3 rings (SSSR count). The van der Waals surface area contributed by atoms with Gasteiger partial charge >= 0.3 is 0 Å². The van der Waals surface area contributed by atoms with Gasteiger partial charge in [0.05, 0.1) is 13.7 Å². The quantitative estimate of drug-likeness (QED) is 0.500. The van der Waals surface area contributed by atoms with Crippen LogP contribution in [0.15, 0.2) is 78.9 Å². The molecule has 26 heavy (non-hydrogen) atoms. The van der Waals surface area contributed by atoms with Crippen molar-refractivity contribution < 1.29 is 9.47 Å². The van der Waals surface area contributed by atoms with Crippen LogP contribution >= 0.6 is 0 Å². The van der Waals surface area contributed by atoms with Gasteiger partial charge in [0.2, 0.25) is 0 Å². The van der Waals surface area contributed by atoms with Gasteiger partial charge < -0.3 is 9.47 Å². The molecule has 0 amide bonds. The second-order valence-corrected chi connectivity index (χ2v) is 5.85. The first kappa shape index (κ1) is 19.7. The van der Waals surface area contributed by atoms with Crippen LogP contribution in [0.5, 0.6) is 5.75 Å². The second-order valence-electron chi connectivity index (χ2n) is 5.85. The first-order valence-corrected chi connectivity index (χ1v) is 8.95.